The molecule has 0 radical (unpaired) electrons. The van der Waals surface area contributed by atoms with Crippen molar-refractivity contribution in [3.8, 4) is 0 Å². The molecular weight excluding hydrogens is 300 g/mol. The molecule has 3 rings (SSSR count). The summed E-state index contributed by atoms with van der Waals surface area (Å²) in [5.74, 6) is 0.00108. The topological polar surface area (TPSA) is 42.3 Å². The summed E-state index contributed by atoms with van der Waals surface area (Å²) in [6, 6.07) is 13.6. The van der Waals surface area contributed by atoms with Crippen molar-refractivity contribution in [2.24, 2.45) is 0 Å². The van der Waals surface area contributed by atoms with Gasteiger partial charge in [0, 0.05) is 18.8 Å². The largest absolute Gasteiger partial charge is 0.335 e. The lowest BCUT2D eigenvalue weighted by Gasteiger charge is -2.22. The van der Waals surface area contributed by atoms with Crippen LogP contribution in [0.2, 0.25) is 0 Å². The Kier molecular flexibility index (Phi) is 4.94. The van der Waals surface area contributed by atoms with Crippen LogP contribution in [0.5, 0.6) is 0 Å². The Hall–Kier alpha value is -2.62. The first kappa shape index (κ1) is 16.2. The molecule has 1 amide bonds. The summed E-state index contributed by atoms with van der Waals surface area (Å²) in [6.45, 7) is 2.73. The number of carbonyl (C=O) groups is 1. The zero-order valence-corrected chi connectivity index (χ0v) is 13.9. The van der Waals surface area contributed by atoms with E-state index in [0.29, 0.717) is 0 Å². The molecule has 2 aromatic rings. The lowest BCUT2D eigenvalue weighted by atomic mass is 10.1. The van der Waals surface area contributed by atoms with Crippen molar-refractivity contribution < 1.29 is 4.79 Å². The van der Waals surface area contributed by atoms with Crippen molar-refractivity contribution >= 4 is 12.0 Å². The number of aryl methyl sites for hydroxylation is 1. The van der Waals surface area contributed by atoms with Crippen molar-refractivity contribution in [2.75, 3.05) is 6.54 Å². The van der Waals surface area contributed by atoms with E-state index in [1.807, 2.05) is 48.2 Å². The highest BCUT2D eigenvalue weighted by molar-refractivity contribution is 5.77. The van der Waals surface area contributed by atoms with Gasteiger partial charge in [-0.2, -0.15) is 0 Å². The molecule has 4 nitrogen and oxygen atoms in total. The van der Waals surface area contributed by atoms with Crippen LogP contribution in [0, 0.1) is 6.92 Å². The van der Waals surface area contributed by atoms with E-state index >= 15 is 0 Å². The van der Waals surface area contributed by atoms with Gasteiger partial charge < -0.3 is 9.47 Å². The minimum Gasteiger partial charge on any atom is -0.335 e. The summed E-state index contributed by atoms with van der Waals surface area (Å²) in [6.07, 6.45) is 7.82. The molecule has 2 heterocycles. The molecule has 0 aliphatic carbocycles. The molecule has 0 spiro atoms. The number of likely N-dealkylation sites (tertiary alicyclic amines) is 1. The SMILES string of the molecule is Cc1ccn(CC(=O)N2CCCC2C=Cc2ccccc2)c(=O)c1. The minimum absolute atomic E-state index is 0.00108. The molecule has 1 atom stereocenters. The quantitative estimate of drug-likeness (QED) is 0.868. The zero-order chi connectivity index (χ0) is 16.9. The van der Waals surface area contributed by atoms with Gasteiger partial charge >= 0.3 is 0 Å². The molecule has 1 fully saturated rings. The second-order valence-electron chi connectivity index (χ2n) is 6.24. The first-order chi connectivity index (χ1) is 11.6. The van der Waals surface area contributed by atoms with E-state index in [1.165, 1.54) is 4.57 Å². The number of hydrogen-bond acceptors (Lipinski definition) is 2. The summed E-state index contributed by atoms with van der Waals surface area (Å²) in [4.78, 5) is 26.4. The van der Waals surface area contributed by atoms with Crippen molar-refractivity contribution in [3.05, 3.63) is 76.2 Å². The molecule has 4 heteroatoms. The number of aromatic nitrogens is 1. The van der Waals surface area contributed by atoms with Crippen molar-refractivity contribution in [1.82, 2.24) is 9.47 Å². The monoisotopic (exact) mass is 322 g/mol. The molecule has 24 heavy (non-hydrogen) atoms. The highest BCUT2D eigenvalue weighted by atomic mass is 16.2. The number of benzene rings is 1. The second-order valence-corrected chi connectivity index (χ2v) is 6.24. The third-order valence-electron chi connectivity index (χ3n) is 4.39. The van der Waals surface area contributed by atoms with Crippen LogP contribution in [0.25, 0.3) is 6.08 Å². The minimum atomic E-state index is -0.126. The predicted molar refractivity (Wildman–Crippen MR) is 95.7 cm³/mol. The number of carbonyl (C=O) groups excluding carboxylic acids is 1. The standard InChI is InChI=1S/C20H22N2O2/c1-16-11-13-21(19(23)14-16)15-20(24)22-12-5-8-18(22)10-9-17-6-3-2-4-7-17/h2-4,6-7,9-11,13-14,18H,5,8,12,15H2,1H3. The first-order valence-electron chi connectivity index (χ1n) is 8.33. The van der Waals surface area contributed by atoms with Gasteiger partial charge in [0.25, 0.3) is 5.56 Å². The molecule has 0 saturated carbocycles. The predicted octanol–water partition coefficient (Wildman–Crippen LogP) is 2.86. The molecule has 1 unspecified atom stereocenters. The molecule has 1 saturated heterocycles. The van der Waals surface area contributed by atoms with E-state index < -0.39 is 0 Å². The van der Waals surface area contributed by atoms with Gasteiger partial charge in [0.15, 0.2) is 0 Å². The third kappa shape index (κ3) is 3.82. The van der Waals surface area contributed by atoms with Crippen LogP contribution < -0.4 is 5.56 Å². The molecule has 0 bridgehead atoms. The Morgan fingerprint density at radius 3 is 2.79 bits per heavy atom. The number of hydrogen-bond donors (Lipinski definition) is 0. The fraction of sp³-hybridized carbons (Fsp3) is 0.300. The van der Waals surface area contributed by atoms with Crippen molar-refractivity contribution in [2.45, 2.75) is 32.4 Å². The highest BCUT2D eigenvalue weighted by Gasteiger charge is 2.26. The summed E-state index contributed by atoms with van der Waals surface area (Å²) >= 11 is 0. The maximum atomic E-state index is 12.6. The van der Waals surface area contributed by atoms with E-state index in [-0.39, 0.29) is 24.1 Å². The summed E-state index contributed by atoms with van der Waals surface area (Å²) in [7, 11) is 0. The van der Waals surface area contributed by atoms with Crippen LogP contribution in [0.15, 0.2) is 59.5 Å². The lowest BCUT2D eigenvalue weighted by molar-refractivity contribution is -0.131. The van der Waals surface area contributed by atoms with E-state index in [1.54, 1.807) is 12.3 Å². The average Bonchev–Trinajstić information content (AvgIpc) is 3.05. The molecule has 1 aliphatic heterocycles. The van der Waals surface area contributed by atoms with Crippen LogP contribution in [-0.2, 0) is 11.3 Å². The number of pyridine rings is 1. The normalized spacial score (nSPS) is 17.5. The van der Waals surface area contributed by atoms with Gasteiger partial charge in [0.1, 0.15) is 6.54 Å². The van der Waals surface area contributed by atoms with Gasteiger partial charge in [-0.05, 0) is 37.0 Å². The van der Waals surface area contributed by atoms with Crippen LogP contribution in [0.1, 0.15) is 24.0 Å². The highest BCUT2D eigenvalue weighted by Crippen LogP contribution is 2.20. The second kappa shape index (κ2) is 7.30. The average molecular weight is 322 g/mol. The Balaban J connectivity index is 1.69. The van der Waals surface area contributed by atoms with Crippen molar-refractivity contribution in [1.29, 1.82) is 0 Å². The van der Waals surface area contributed by atoms with Crippen LogP contribution in [0.3, 0.4) is 0 Å². The number of rotatable bonds is 4. The van der Waals surface area contributed by atoms with E-state index in [4.69, 9.17) is 0 Å². The van der Waals surface area contributed by atoms with Gasteiger partial charge in [-0.3, -0.25) is 9.59 Å². The van der Waals surface area contributed by atoms with Gasteiger partial charge in [0.2, 0.25) is 5.91 Å². The van der Waals surface area contributed by atoms with E-state index in [0.717, 1.165) is 30.5 Å². The van der Waals surface area contributed by atoms with Crippen LogP contribution in [-0.4, -0.2) is 28.0 Å². The van der Waals surface area contributed by atoms with E-state index in [2.05, 4.69) is 12.2 Å². The van der Waals surface area contributed by atoms with Crippen molar-refractivity contribution in [3.63, 3.8) is 0 Å². The Morgan fingerprint density at radius 2 is 2.04 bits per heavy atom. The Bertz CT molecular complexity index is 793. The fourth-order valence-electron chi connectivity index (χ4n) is 3.06. The van der Waals surface area contributed by atoms with Gasteiger partial charge in [0.05, 0.1) is 6.04 Å². The lowest BCUT2D eigenvalue weighted by Crippen LogP contribution is -2.38. The van der Waals surface area contributed by atoms with Crippen LogP contribution in [0.4, 0.5) is 0 Å². The molecule has 1 aromatic heterocycles. The molecular formula is C20H22N2O2. The van der Waals surface area contributed by atoms with Gasteiger partial charge in [-0.25, -0.2) is 0 Å². The Labute approximate surface area is 142 Å². The maximum absolute atomic E-state index is 12.6. The zero-order valence-electron chi connectivity index (χ0n) is 13.9. The molecule has 1 aromatic carbocycles. The first-order valence-corrected chi connectivity index (χ1v) is 8.33. The maximum Gasteiger partial charge on any atom is 0.251 e. The number of nitrogens with zero attached hydrogens (tertiary/aromatic N) is 2. The van der Waals surface area contributed by atoms with Crippen LogP contribution >= 0.6 is 0 Å². The van der Waals surface area contributed by atoms with Gasteiger partial charge in [-0.15, -0.1) is 0 Å². The molecule has 0 N–H and O–H groups in total. The summed E-state index contributed by atoms with van der Waals surface area (Å²) in [5.41, 5.74) is 1.92. The smallest absolute Gasteiger partial charge is 0.251 e. The Morgan fingerprint density at radius 1 is 1.25 bits per heavy atom. The summed E-state index contributed by atoms with van der Waals surface area (Å²) in [5, 5.41) is 0. The number of amides is 1. The summed E-state index contributed by atoms with van der Waals surface area (Å²) < 4.78 is 1.48. The third-order valence-corrected chi connectivity index (χ3v) is 4.39. The fourth-order valence-corrected chi connectivity index (χ4v) is 3.06. The van der Waals surface area contributed by atoms with Gasteiger partial charge in [-0.1, -0.05) is 42.5 Å². The molecule has 124 valence electrons. The molecule has 1 aliphatic rings. The van der Waals surface area contributed by atoms with E-state index in [9.17, 15) is 9.59 Å².